The minimum atomic E-state index is -0.382. The molecule has 5 N–H and O–H groups in total. The van der Waals surface area contributed by atoms with Gasteiger partial charge in [-0.2, -0.15) is 0 Å². The molecule has 21 heavy (non-hydrogen) atoms. The predicted octanol–water partition coefficient (Wildman–Crippen LogP) is 0.457. The van der Waals surface area contributed by atoms with E-state index in [0.29, 0.717) is 30.6 Å². The van der Waals surface area contributed by atoms with Gasteiger partial charge in [-0.25, -0.2) is 0 Å². The van der Waals surface area contributed by atoms with Crippen LogP contribution in [0.15, 0.2) is 24.3 Å². The van der Waals surface area contributed by atoms with Crippen molar-refractivity contribution in [3.8, 4) is 0 Å². The standard InChI is InChI=1S/C14H20N4O2S/c1-18(9-12(15)19)8-4-7-13(20)17-11-6-3-2-5-10(11)14(16)21/h2-3,5-6H,4,7-9H2,1H3,(H2,15,19)(H2,16,21)(H,17,20). The lowest BCUT2D eigenvalue weighted by Crippen LogP contribution is -2.31. The lowest BCUT2D eigenvalue weighted by atomic mass is 10.1. The van der Waals surface area contributed by atoms with Gasteiger partial charge in [0.25, 0.3) is 0 Å². The average molecular weight is 308 g/mol. The molecule has 0 aliphatic heterocycles. The fraction of sp³-hybridized carbons (Fsp3) is 0.357. The number of benzene rings is 1. The van der Waals surface area contributed by atoms with Gasteiger partial charge in [0.2, 0.25) is 11.8 Å². The second-order valence-electron chi connectivity index (χ2n) is 4.77. The van der Waals surface area contributed by atoms with E-state index in [9.17, 15) is 9.59 Å². The maximum absolute atomic E-state index is 11.9. The molecule has 1 rings (SSSR count). The first kappa shape index (κ1) is 17.1. The molecule has 6 nitrogen and oxygen atoms in total. The molecular weight excluding hydrogens is 288 g/mol. The minimum Gasteiger partial charge on any atom is -0.389 e. The largest absolute Gasteiger partial charge is 0.389 e. The number of anilines is 1. The van der Waals surface area contributed by atoms with Crippen LogP contribution in [-0.2, 0) is 9.59 Å². The summed E-state index contributed by atoms with van der Waals surface area (Å²) in [5.74, 6) is -0.501. The third-order valence-electron chi connectivity index (χ3n) is 2.84. The highest BCUT2D eigenvalue weighted by Gasteiger charge is 2.09. The van der Waals surface area contributed by atoms with Crippen LogP contribution in [0.25, 0.3) is 0 Å². The Bertz CT molecular complexity index is 533. The first-order valence-electron chi connectivity index (χ1n) is 6.55. The summed E-state index contributed by atoms with van der Waals surface area (Å²) in [6.45, 7) is 0.805. The molecule has 0 bridgehead atoms. The molecule has 7 heteroatoms. The number of amides is 2. The van der Waals surface area contributed by atoms with Crippen molar-refractivity contribution < 1.29 is 9.59 Å². The molecular formula is C14H20N4O2S. The molecule has 0 radical (unpaired) electrons. The molecule has 1 aromatic carbocycles. The molecule has 0 aliphatic carbocycles. The molecule has 0 spiro atoms. The maximum atomic E-state index is 11.9. The number of rotatable bonds is 8. The first-order chi connectivity index (χ1) is 9.90. The van der Waals surface area contributed by atoms with Gasteiger partial charge in [0.05, 0.1) is 12.2 Å². The van der Waals surface area contributed by atoms with Gasteiger partial charge in [0.15, 0.2) is 0 Å². The maximum Gasteiger partial charge on any atom is 0.231 e. The molecule has 0 fully saturated rings. The van der Waals surface area contributed by atoms with Gasteiger partial charge in [0.1, 0.15) is 4.99 Å². The number of nitrogens with two attached hydrogens (primary N) is 2. The van der Waals surface area contributed by atoms with Crippen LogP contribution in [0.2, 0.25) is 0 Å². The fourth-order valence-corrected chi connectivity index (χ4v) is 2.05. The summed E-state index contributed by atoms with van der Waals surface area (Å²) in [7, 11) is 1.78. The van der Waals surface area contributed by atoms with Crippen molar-refractivity contribution in [1.82, 2.24) is 4.90 Å². The van der Waals surface area contributed by atoms with Crippen molar-refractivity contribution in [2.45, 2.75) is 12.8 Å². The average Bonchev–Trinajstić information content (AvgIpc) is 2.38. The van der Waals surface area contributed by atoms with Crippen LogP contribution in [-0.4, -0.2) is 41.8 Å². The Labute approximate surface area is 129 Å². The summed E-state index contributed by atoms with van der Waals surface area (Å²) in [6.07, 6.45) is 0.972. The number of para-hydroxylation sites is 1. The first-order valence-corrected chi connectivity index (χ1v) is 6.96. The highest BCUT2D eigenvalue weighted by atomic mass is 32.1. The molecule has 0 unspecified atom stereocenters. The van der Waals surface area contributed by atoms with E-state index in [1.807, 2.05) is 6.07 Å². The quantitative estimate of drug-likeness (QED) is 0.606. The third-order valence-corrected chi connectivity index (χ3v) is 3.06. The molecule has 2 amide bonds. The topological polar surface area (TPSA) is 101 Å². The summed E-state index contributed by atoms with van der Waals surface area (Å²) < 4.78 is 0. The van der Waals surface area contributed by atoms with E-state index in [0.717, 1.165) is 0 Å². The third kappa shape index (κ3) is 6.33. The fourth-order valence-electron chi connectivity index (χ4n) is 1.87. The van der Waals surface area contributed by atoms with Crippen molar-refractivity contribution in [3.05, 3.63) is 29.8 Å². The smallest absolute Gasteiger partial charge is 0.231 e. The Kier molecular flexibility index (Phi) is 6.77. The van der Waals surface area contributed by atoms with Gasteiger partial charge in [0, 0.05) is 12.0 Å². The van der Waals surface area contributed by atoms with Gasteiger partial charge in [-0.3, -0.25) is 14.5 Å². The van der Waals surface area contributed by atoms with Crippen molar-refractivity contribution >= 4 is 34.7 Å². The van der Waals surface area contributed by atoms with Crippen LogP contribution in [0.3, 0.4) is 0 Å². The Morgan fingerprint density at radius 3 is 2.57 bits per heavy atom. The Hall–Kier alpha value is -1.99. The number of thiocarbonyl (C=S) groups is 1. The van der Waals surface area contributed by atoms with E-state index in [-0.39, 0.29) is 23.3 Å². The van der Waals surface area contributed by atoms with Gasteiger partial charge >= 0.3 is 0 Å². The van der Waals surface area contributed by atoms with Gasteiger partial charge < -0.3 is 16.8 Å². The van der Waals surface area contributed by atoms with E-state index >= 15 is 0 Å². The molecule has 0 saturated heterocycles. The normalized spacial score (nSPS) is 10.4. The van der Waals surface area contributed by atoms with Gasteiger partial charge in [-0.15, -0.1) is 0 Å². The van der Waals surface area contributed by atoms with Crippen LogP contribution >= 0.6 is 12.2 Å². The number of likely N-dealkylation sites (N-methyl/N-ethyl adjacent to an activating group) is 1. The van der Waals surface area contributed by atoms with Crippen LogP contribution in [0, 0.1) is 0 Å². The molecule has 0 aliphatic rings. The van der Waals surface area contributed by atoms with Crippen molar-refractivity contribution in [1.29, 1.82) is 0 Å². The Morgan fingerprint density at radius 1 is 1.29 bits per heavy atom. The van der Waals surface area contributed by atoms with E-state index in [2.05, 4.69) is 5.32 Å². The van der Waals surface area contributed by atoms with E-state index in [4.69, 9.17) is 23.7 Å². The predicted molar refractivity (Wildman–Crippen MR) is 86.9 cm³/mol. The van der Waals surface area contributed by atoms with E-state index in [1.54, 1.807) is 30.1 Å². The molecule has 0 aromatic heterocycles. The highest BCUT2D eigenvalue weighted by Crippen LogP contribution is 2.15. The minimum absolute atomic E-state index is 0.119. The summed E-state index contributed by atoms with van der Waals surface area (Å²) in [6, 6.07) is 7.13. The number of carbonyl (C=O) groups excluding carboxylic acids is 2. The van der Waals surface area contributed by atoms with Crippen LogP contribution in [0.4, 0.5) is 5.69 Å². The number of carbonyl (C=O) groups is 2. The van der Waals surface area contributed by atoms with Crippen LogP contribution < -0.4 is 16.8 Å². The lowest BCUT2D eigenvalue weighted by molar-refractivity contribution is -0.118. The SMILES string of the molecule is CN(CCCC(=O)Nc1ccccc1C(N)=S)CC(N)=O. The molecule has 0 saturated carbocycles. The summed E-state index contributed by atoms with van der Waals surface area (Å²) in [4.78, 5) is 24.6. The Balaban J connectivity index is 2.44. The number of hydrogen-bond acceptors (Lipinski definition) is 4. The molecule has 0 heterocycles. The zero-order valence-corrected chi connectivity index (χ0v) is 12.8. The monoisotopic (exact) mass is 308 g/mol. The van der Waals surface area contributed by atoms with E-state index in [1.165, 1.54) is 0 Å². The second-order valence-corrected chi connectivity index (χ2v) is 5.21. The lowest BCUT2D eigenvalue weighted by Gasteiger charge is -2.14. The number of nitrogens with one attached hydrogen (secondary N) is 1. The number of primary amides is 1. The van der Waals surface area contributed by atoms with Gasteiger partial charge in [-0.1, -0.05) is 24.4 Å². The van der Waals surface area contributed by atoms with Crippen molar-refractivity contribution in [3.63, 3.8) is 0 Å². The zero-order chi connectivity index (χ0) is 15.8. The molecule has 1 aromatic rings. The van der Waals surface area contributed by atoms with E-state index < -0.39 is 0 Å². The van der Waals surface area contributed by atoms with Crippen molar-refractivity contribution in [2.24, 2.45) is 11.5 Å². The van der Waals surface area contributed by atoms with Crippen molar-refractivity contribution in [2.75, 3.05) is 25.5 Å². The molecule has 114 valence electrons. The van der Waals surface area contributed by atoms with Crippen LogP contribution in [0.1, 0.15) is 18.4 Å². The number of nitrogens with zero attached hydrogens (tertiary/aromatic N) is 1. The number of hydrogen-bond donors (Lipinski definition) is 3. The van der Waals surface area contributed by atoms with Crippen LogP contribution in [0.5, 0.6) is 0 Å². The van der Waals surface area contributed by atoms with Gasteiger partial charge in [-0.05, 0) is 32.1 Å². The Morgan fingerprint density at radius 2 is 1.95 bits per heavy atom. The molecule has 0 atom stereocenters. The summed E-state index contributed by atoms with van der Waals surface area (Å²) in [5.41, 5.74) is 12.0. The highest BCUT2D eigenvalue weighted by molar-refractivity contribution is 7.80. The zero-order valence-electron chi connectivity index (χ0n) is 12.0. The second kappa shape index (κ2) is 8.33. The summed E-state index contributed by atoms with van der Waals surface area (Å²) in [5, 5.41) is 2.79. The summed E-state index contributed by atoms with van der Waals surface area (Å²) >= 11 is 4.94.